The number of sulfone groups is 1. The summed E-state index contributed by atoms with van der Waals surface area (Å²) in [7, 11) is -8.53. The molecule has 0 atom stereocenters. The maximum absolute atomic E-state index is 12.8. The van der Waals surface area contributed by atoms with Crippen LogP contribution in [0.25, 0.3) is 16.8 Å². The van der Waals surface area contributed by atoms with Crippen molar-refractivity contribution < 1.29 is 16.8 Å². The number of primary sulfonamides is 1. The summed E-state index contributed by atoms with van der Waals surface area (Å²) in [5.74, 6) is -0.395. The number of rotatable bonds is 6. The molecule has 30 heavy (non-hydrogen) atoms. The Hall–Kier alpha value is -3.04. The van der Waals surface area contributed by atoms with Crippen molar-refractivity contribution in [3.63, 3.8) is 0 Å². The Morgan fingerprint density at radius 1 is 1.07 bits per heavy atom. The van der Waals surface area contributed by atoms with Crippen molar-refractivity contribution in [2.45, 2.75) is 9.79 Å². The van der Waals surface area contributed by atoms with Crippen LogP contribution in [0.3, 0.4) is 0 Å². The number of nitrogens with two attached hydrogens (primary N) is 2. The Balaban J connectivity index is 2.14. The Morgan fingerprint density at radius 3 is 2.53 bits per heavy atom. The van der Waals surface area contributed by atoms with Crippen LogP contribution in [0.1, 0.15) is 5.56 Å². The van der Waals surface area contributed by atoms with Gasteiger partial charge in [0.15, 0.2) is 15.7 Å². The molecule has 2 aromatic heterocycles. The quantitative estimate of drug-likeness (QED) is 0.303. The van der Waals surface area contributed by atoms with Crippen molar-refractivity contribution in [2.75, 3.05) is 12.3 Å². The molecule has 0 amide bonds. The standard InChI is InChI=1S/C16H18N8O4S2/c17-5-9-29(25,26)12-4-3-10(11-2-1-7-24-8-6-19-16(11)24)13(14(12)30(18,27)28)15-20-22-23-21-15/h1-4,6-8,22-23H,5,9,17H2,(H,20,21)(H2,18,27,28). The number of imidazole rings is 1. The van der Waals surface area contributed by atoms with Crippen molar-refractivity contribution in [3.8, 4) is 11.1 Å². The van der Waals surface area contributed by atoms with Crippen molar-refractivity contribution in [2.24, 2.45) is 16.0 Å². The van der Waals surface area contributed by atoms with Crippen molar-refractivity contribution >= 4 is 31.3 Å². The molecule has 0 spiro atoms. The van der Waals surface area contributed by atoms with E-state index in [1.54, 1.807) is 35.1 Å². The number of fused-ring (bicyclic) bond motifs is 1. The maximum Gasteiger partial charge on any atom is 0.240 e. The van der Waals surface area contributed by atoms with Gasteiger partial charge in [-0.15, -0.1) is 10.6 Å². The molecule has 3 heterocycles. The lowest BCUT2D eigenvalue weighted by molar-refractivity contribution is 0.576. The minimum atomic E-state index is -4.50. The van der Waals surface area contributed by atoms with Gasteiger partial charge in [-0.05, 0) is 23.8 Å². The van der Waals surface area contributed by atoms with E-state index in [2.05, 4.69) is 26.6 Å². The number of benzene rings is 1. The highest BCUT2D eigenvalue weighted by atomic mass is 32.2. The van der Waals surface area contributed by atoms with Gasteiger partial charge >= 0.3 is 0 Å². The number of amidine groups is 1. The summed E-state index contributed by atoms with van der Waals surface area (Å²) < 4.78 is 52.5. The van der Waals surface area contributed by atoms with Crippen molar-refractivity contribution in [1.82, 2.24) is 25.9 Å². The molecule has 4 rings (SSSR count). The second-order valence-electron chi connectivity index (χ2n) is 6.37. The summed E-state index contributed by atoms with van der Waals surface area (Å²) in [5, 5.41) is 9.47. The summed E-state index contributed by atoms with van der Waals surface area (Å²) in [6, 6.07) is 6.20. The highest BCUT2D eigenvalue weighted by Gasteiger charge is 2.32. The lowest BCUT2D eigenvalue weighted by Gasteiger charge is -2.18. The van der Waals surface area contributed by atoms with E-state index in [9.17, 15) is 16.8 Å². The zero-order chi connectivity index (χ0) is 21.5. The lowest BCUT2D eigenvalue weighted by atomic mass is 9.99. The Kier molecular flexibility index (Phi) is 4.95. The van der Waals surface area contributed by atoms with Gasteiger partial charge in [0.2, 0.25) is 10.0 Å². The van der Waals surface area contributed by atoms with Crippen LogP contribution in [0.5, 0.6) is 0 Å². The van der Waals surface area contributed by atoms with E-state index >= 15 is 0 Å². The Labute approximate surface area is 171 Å². The predicted octanol–water partition coefficient (Wildman–Crippen LogP) is -1.34. The maximum atomic E-state index is 12.8. The van der Waals surface area contributed by atoms with E-state index in [4.69, 9.17) is 10.9 Å². The zero-order valence-electron chi connectivity index (χ0n) is 15.4. The SMILES string of the molecule is NCCS(=O)(=O)c1ccc(-c2cccn3ccnc23)c(C2=NNNN2)c1S(N)(=O)=O. The molecule has 1 aliphatic rings. The zero-order valence-corrected chi connectivity index (χ0v) is 17.0. The van der Waals surface area contributed by atoms with E-state index < -0.39 is 35.4 Å². The smallest absolute Gasteiger partial charge is 0.240 e. The summed E-state index contributed by atoms with van der Waals surface area (Å²) in [6.45, 7) is -0.181. The monoisotopic (exact) mass is 450 g/mol. The van der Waals surface area contributed by atoms with Crippen LogP contribution in [0.2, 0.25) is 0 Å². The number of pyridine rings is 1. The molecular weight excluding hydrogens is 432 g/mol. The fraction of sp³-hybridized carbons (Fsp3) is 0.125. The van der Waals surface area contributed by atoms with Crippen molar-refractivity contribution in [1.29, 1.82) is 0 Å². The molecule has 3 aromatic rings. The molecule has 12 nitrogen and oxygen atoms in total. The van der Waals surface area contributed by atoms with Crippen LogP contribution in [-0.2, 0) is 19.9 Å². The molecule has 0 unspecified atom stereocenters. The van der Waals surface area contributed by atoms with Crippen molar-refractivity contribution in [3.05, 3.63) is 48.4 Å². The van der Waals surface area contributed by atoms with Crippen LogP contribution in [-0.4, -0.2) is 44.4 Å². The van der Waals surface area contributed by atoms with Gasteiger partial charge in [0, 0.05) is 36.3 Å². The lowest BCUT2D eigenvalue weighted by Crippen LogP contribution is -2.36. The fourth-order valence-electron chi connectivity index (χ4n) is 3.29. The molecular formula is C16H18N8O4S2. The van der Waals surface area contributed by atoms with Gasteiger partial charge in [0.05, 0.1) is 10.6 Å². The molecule has 7 N–H and O–H groups in total. The first-order valence-electron chi connectivity index (χ1n) is 8.63. The van der Waals surface area contributed by atoms with Crippen LogP contribution in [0.4, 0.5) is 0 Å². The fourth-order valence-corrected chi connectivity index (χ4v) is 6.05. The van der Waals surface area contributed by atoms with Gasteiger partial charge in [0.1, 0.15) is 10.5 Å². The molecule has 158 valence electrons. The third-order valence-corrected chi connectivity index (χ3v) is 7.38. The van der Waals surface area contributed by atoms with Gasteiger partial charge < -0.3 is 10.1 Å². The van der Waals surface area contributed by atoms with Crippen LogP contribution < -0.4 is 27.4 Å². The molecule has 0 saturated heterocycles. The number of hydrogen-bond acceptors (Lipinski definition) is 10. The topological polar surface area (TPSA) is 186 Å². The molecule has 1 aliphatic heterocycles. The van der Waals surface area contributed by atoms with Gasteiger partial charge in [-0.1, -0.05) is 6.07 Å². The van der Waals surface area contributed by atoms with Gasteiger partial charge in [-0.2, -0.15) is 0 Å². The van der Waals surface area contributed by atoms with E-state index in [1.165, 1.54) is 12.1 Å². The second-order valence-corrected chi connectivity index (χ2v) is 9.95. The molecule has 0 radical (unpaired) electrons. The van der Waals surface area contributed by atoms with Crippen LogP contribution in [0.15, 0.2) is 57.7 Å². The van der Waals surface area contributed by atoms with E-state index in [0.29, 0.717) is 16.8 Å². The first-order valence-corrected chi connectivity index (χ1v) is 11.8. The average molecular weight is 451 g/mol. The number of sulfonamides is 1. The highest BCUT2D eigenvalue weighted by Crippen LogP contribution is 2.35. The highest BCUT2D eigenvalue weighted by molar-refractivity contribution is 7.93. The minimum absolute atomic E-state index is 0.0100. The summed E-state index contributed by atoms with van der Waals surface area (Å²) >= 11 is 0. The summed E-state index contributed by atoms with van der Waals surface area (Å²) in [5.41, 5.74) is 14.5. The summed E-state index contributed by atoms with van der Waals surface area (Å²) in [6.07, 6.45) is 5.10. The minimum Gasteiger partial charge on any atom is -0.329 e. The summed E-state index contributed by atoms with van der Waals surface area (Å²) in [4.78, 5) is 3.30. The van der Waals surface area contributed by atoms with Gasteiger partial charge in [-0.3, -0.25) is 5.43 Å². The van der Waals surface area contributed by atoms with Gasteiger partial charge in [-0.25, -0.2) is 32.5 Å². The first kappa shape index (κ1) is 20.2. The molecule has 0 bridgehead atoms. The third-order valence-electron chi connectivity index (χ3n) is 4.48. The number of hydrazone groups is 1. The van der Waals surface area contributed by atoms with Gasteiger partial charge in [0.25, 0.3) is 0 Å². The second kappa shape index (κ2) is 7.33. The average Bonchev–Trinajstić information content (AvgIpc) is 3.37. The van der Waals surface area contributed by atoms with E-state index in [-0.39, 0.29) is 17.9 Å². The number of nitrogens with zero attached hydrogens (tertiary/aromatic N) is 3. The van der Waals surface area contributed by atoms with Crippen LogP contribution >= 0.6 is 0 Å². The predicted molar refractivity (Wildman–Crippen MR) is 109 cm³/mol. The number of hydrazine groups is 2. The molecule has 1 aromatic carbocycles. The van der Waals surface area contributed by atoms with E-state index in [0.717, 1.165) is 0 Å². The molecule has 0 aliphatic carbocycles. The largest absolute Gasteiger partial charge is 0.329 e. The molecule has 14 heteroatoms. The van der Waals surface area contributed by atoms with E-state index in [1.807, 2.05) is 0 Å². The number of aromatic nitrogens is 2. The normalized spacial score (nSPS) is 14.4. The number of hydrogen-bond donors (Lipinski definition) is 5. The molecule has 0 saturated carbocycles. The Bertz CT molecular complexity index is 1380. The third kappa shape index (κ3) is 3.40. The number of nitrogens with one attached hydrogen (secondary N) is 3. The first-order chi connectivity index (χ1) is 14.2. The van der Waals surface area contributed by atoms with Crippen LogP contribution in [0, 0.1) is 0 Å². The molecule has 0 fully saturated rings. The Morgan fingerprint density at radius 2 is 1.87 bits per heavy atom.